The first-order valence-corrected chi connectivity index (χ1v) is 10.4. The minimum Gasteiger partial charge on any atom is -0.475 e. The summed E-state index contributed by atoms with van der Waals surface area (Å²) in [5.41, 5.74) is 1.33. The van der Waals surface area contributed by atoms with Crippen LogP contribution < -0.4 is 5.32 Å². The minimum atomic E-state index is -5.08. The molecule has 31 heavy (non-hydrogen) atoms. The van der Waals surface area contributed by atoms with E-state index in [4.69, 9.17) is 9.90 Å². The minimum absolute atomic E-state index is 0.763. The molecular formula is C21H28F3N5O2. The normalized spacial score (nSPS) is 23.5. The third kappa shape index (κ3) is 6.43. The van der Waals surface area contributed by atoms with E-state index in [2.05, 4.69) is 30.8 Å². The number of aryl methyl sites for hydroxylation is 1. The average Bonchev–Trinajstić information content (AvgIpc) is 3.32. The van der Waals surface area contributed by atoms with E-state index >= 15 is 0 Å². The Balaban J connectivity index is 0.000000339. The summed E-state index contributed by atoms with van der Waals surface area (Å²) in [6.45, 7) is 4.57. The zero-order valence-corrected chi connectivity index (χ0v) is 17.4. The molecule has 0 unspecified atom stereocenters. The molecule has 170 valence electrons. The Morgan fingerprint density at radius 2 is 2.06 bits per heavy atom. The number of aliphatic carboxylic acids is 1. The third-order valence-electron chi connectivity index (χ3n) is 6.04. The van der Waals surface area contributed by atoms with Gasteiger partial charge in [0.25, 0.3) is 0 Å². The number of carboxylic acids is 1. The molecule has 10 heteroatoms. The molecular weight excluding hydrogens is 411 g/mol. The lowest BCUT2D eigenvalue weighted by Crippen LogP contribution is -2.32. The van der Waals surface area contributed by atoms with Crippen LogP contribution in [0.3, 0.4) is 0 Å². The maximum atomic E-state index is 10.6. The van der Waals surface area contributed by atoms with Gasteiger partial charge in [0.15, 0.2) is 0 Å². The summed E-state index contributed by atoms with van der Waals surface area (Å²) >= 11 is 0. The molecule has 0 radical (unpaired) electrons. The van der Waals surface area contributed by atoms with Crippen molar-refractivity contribution in [3.05, 3.63) is 42.5 Å². The van der Waals surface area contributed by atoms with Crippen LogP contribution in [0.25, 0.3) is 0 Å². The van der Waals surface area contributed by atoms with Crippen molar-refractivity contribution in [3.63, 3.8) is 0 Å². The molecule has 1 saturated carbocycles. The lowest BCUT2D eigenvalue weighted by Gasteiger charge is -2.33. The molecule has 1 aliphatic carbocycles. The number of anilines is 1. The largest absolute Gasteiger partial charge is 0.490 e. The molecule has 1 saturated heterocycles. The summed E-state index contributed by atoms with van der Waals surface area (Å²) in [6.07, 6.45) is 6.74. The zero-order valence-electron chi connectivity index (χ0n) is 17.4. The van der Waals surface area contributed by atoms with Crippen LogP contribution in [0.1, 0.15) is 24.8 Å². The van der Waals surface area contributed by atoms with Gasteiger partial charge in [0.05, 0.1) is 0 Å². The second kappa shape index (κ2) is 10.1. The first kappa shape index (κ1) is 23.1. The molecule has 7 nitrogen and oxygen atoms in total. The molecule has 0 amide bonds. The van der Waals surface area contributed by atoms with E-state index in [1.165, 1.54) is 37.9 Å². The first-order valence-electron chi connectivity index (χ1n) is 10.4. The summed E-state index contributed by atoms with van der Waals surface area (Å²) in [5.74, 6) is 0.681. The molecule has 4 rings (SSSR count). The summed E-state index contributed by atoms with van der Waals surface area (Å²) in [4.78, 5) is 20.2. The Hall–Kier alpha value is -2.62. The fourth-order valence-corrected chi connectivity index (χ4v) is 4.58. The van der Waals surface area contributed by atoms with E-state index in [1.807, 2.05) is 37.9 Å². The van der Waals surface area contributed by atoms with Crippen LogP contribution in [0.2, 0.25) is 0 Å². The summed E-state index contributed by atoms with van der Waals surface area (Å²) < 4.78 is 33.8. The van der Waals surface area contributed by atoms with Gasteiger partial charge in [-0.2, -0.15) is 13.2 Å². The standard InChI is InChI=1S/C19H27N5.C2HF3O2/c1-23-9-8-21-19(23)22-11-16-5-2-6-17-13-24(14-18(16)17)12-15-4-3-7-20-10-15;3-2(4,5)1(6)7/h3-4,7-10,16-18H,2,5-6,11-14H2,1H3,(H,21,22);(H,6,7)/t16-,17+,18+;/m0./s1. The fraction of sp³-hybridized carbons (Fsp3) is 0.571. The van der Waals surface area contributed by atoms with E-state index in [-0.39, 0.29) is 0 Å². The van der Waals surface area contributed by atoms with Gasteiger partial charge in [-0.3, -0.25) is 9.88 Å². The van der Waals surface area contributed by atoms with Gasteiger partial charge >= 0.3 is 12.1 Å². The van der Waals surface area contributed by atoms with Crippen LogP contribution in [0.4, 0.5) is 19.1 Å². The first-order chi connectivity index (χ1) is 14.7. The molecule has 2 fully saturated rings. The molecule has 3 atom stereocenters. The molecule has 2 aromatic heterocycles. The van der Waals surface area contributed by atoms with Crippen molar-refractivity contribution < 1.29 is 23.1 Å². The number of likely N-dealkylation sites (tertiary alicyclic amines) is 1. The number of halogens is 3. The van der Waals surface area contributed by atoms with Crippen molar-refractivity contribution in [1.29, 1.82) is 0 Å². The molecule has 1 aliphatic heterocycles. The van der Waals surface area contributed by atoms with Gasteiger partial charge in [0.1, 0.15) is 0 Å². The number of fused-ring (bicyclic) bond motifs is 1. The van der Waals surface area contributed by atoms with Crippen LogP contribution in [0.15, 0.2) is 36.9 Å². The highest BCUT2D eigenvalue weighted by molar-refractivity contribution is 5.73. The van der Waals surface area contributed by atoms with Gasteiger partial charge in [-0.1, -0.05) is 12.5 Å². The lowest BCUT2D eigenvalue weighted by atomic mass is 9.74. The lowest BCUT2D eigenvalue weighted by molar-refractivity contribution is -0.192. The molecule has 2 aromatic rings. The average molecular weight is 439 g/mol. The Kier molecular flexibility index (Phi) is 7.53. The number of pyridine rings is 1. The molecule has 0 aromatic carbocycles. The maximum Gasteiger partial charge on any atom is 0.490 e. The van der Waals surface area contributed by atoms with Crippen LogP contribution in [0.5, 0.6) is 0 Å². The van der Waals surface area contributed by atoms with Gasteiger partial charge in [-0.25, -0.2) is 9.78 Å². The number of carboxylic acid groups (broad SMARTS) is 1. The highest BCUT2D eigenvalue weighted by atomic mass is 19.4. The van der Waals surface area contributed by atoms with Gasteiger partial charge in [-0.15, -0.1) is 0 Å². The Bertz CT molecular complexity index is 843. The highest BCUT2D eigenvalue weighted by Crippen LogP contribution is 2.40. The highest BCUT2D eigenvalue weighted by Gasteiger charge is 2.40. The number of alkyl halides is 3. The number of rotatable bonds is 5. The van der Waals surface area contributed by atoms with Crippen molar-refractivity contribution in [2.24, 2.45) is 24.8 Å². The van der Waals surface area contributed by atoms with Crippen LogP contribution in [-0.2, 0) is 18.4 Å². The smallest absolute Gasteiger partial charge is 0.475 e. The van der Waals surface area contributed by atoms with Gasteiger partial charge in [0, 0.05) is 58.0 Å². The molecule has 2 N–H and O–H groups in total. The maximum absolute atomic E-state index is 10.6. The SMILES string of the molecule is Cn1ccnc1NC[C@@H]1CCC[C@@H]2CN(Cc3cccnc3)C[C@@H]21.O=C(O)C(F)(F)F. The summed E-state index contributed by atoms with van der Waals surface area (Å²) in [5, 5.41) is 10.7. The zero-order chi connectivity index (χ0) is 22.4. The molecule has 0 spiro atoms. The number of hydrogen-bond donors (Lipinski definition) is 2. The molecule has 2 aliphatic rings. The summed E-state index contributed by atoms with van der Waals surface area (Å²) in [6, 6.07) is 4.23. The van der Waals surface area contributed by atoms with Crippen LogP contribution >= 0.6 is 0 Å². The Morgan fingerprint density at radius 3 is 2.68 bits per heavy atom. The predicted molar refractivity (Wildman–Crippen MR) is 109 cm³/mol. The van der Waals surface area contributed by atoms with Crippen LogP contribution in [0, 0.1) is 17.8 Å². The number of hydrogen-bond acceptors (Lipinski definition) is 5. The number of nitrogens with one attached hydrogen (secondary N) is 1. The fourth-order valence-electron chi connectivity index (χ4n) is 4.58. The van der Waals surface area contributed by atoms with E-state index in [0.29, 0.717) is 0 Å². The quantitative estimate of drug-likeness (QED) is 0.743. The number of carbonyl (C=O) groups is 1. The van der Waals surface area contributed by atoms with Crippen molar-refractivity contribution >= 4 is 11.9 Å². The van der Waals surface area contributed by atoms with Crippen molar-refractivity contribution in [1.82, 2.24) is 19.4 Å². The molecule has 3 heterocycles. The number of imidazole rings is 1. The van der Waals surface area contributed by atoms with E-state index in [9.17, 15) is 13.2 Å². The van der Waals surface area contributed by atoms with Gasteiger partial charge in [-0.05, 0) is 42.2 Å². The van der Waals surface area contributed by atoms with E-state index in [0.717, 1.165) is 36.8 Å². The third-order valence-corrected chi connectivity index (χ3v) is 6.04. The van der Waals surface area contributed by atoms with Crippen molar-refractivity contribution in [2.45, 2.75) is 32.0 Å². The Morgan fingerprint density at radius 1 is 1.29 bits per heavy atom. The van der Waals surface area contributed by atoms with Gasteiger partial charge < -0.3 is 15.0 Å². The number of aromatic nitrogens is 3. The summed E-state index contributed by atoms with van der Waals surface area (Å²) in [7, 11) is 2.05. The predicted octanol–water partition coefficient (Wildman–Crippen LogP) is 3.41. The van der Waals surface area contributed by atoms with Crippen molar-refractivity contribution in [3.8, 4) is 0 Å². The van der Waals surface area contributed by atoms with E-state index < -0.39 is 12.1 Å². The van der Waals surface area contributed by atoms with Crippen molar-refractivity contribution in [2.75, 3.05) is 25.0 Å². The second-order valence-corrected chi connectivity index (χ2v) is 8.22. The van der Waals surface area contributed by atoms with Gasteiger partial charge in [0.2, 0.25) is 5.95 Å². The monoisotopic (exact) mass is 439 g/mol. The number of nitrogens with zero attached hydrogens (tertiary/aromatic N) is 4. The topological polar surface area (TPSA) is 83.3 Å². The Labute approximate surface area is 179 Å². The molecule has 0 bridgehead atoms. The van der Waals surface area contributed by atoms with E-state index in [1.54, 1.807) is 0 Å². The second-order valence-electron chi connectivity index (χ2n) is 8.22. The van der Waals surface area contributed by atoms with Crippen LogP contribution in [-0.4, -0.2) is 56.3 Å².